The fraction of sp³-hybridized carbons (Fsp3) is 0.833. The lowest BCUT2D eigenvalue weighted by Gasteiger charge is -2.19. The first-order chi connectivity index (χ1) is 3.98. The second-order valence-corrected chi connectivity index (χ2v) is 2.45. The first-order valence-corrected chi connectivity index (χ1v) is 2.86. The third-order valence-corrected chi connectivity index (χ3v) is 1.21. The molecule has 0 aromatic carbocycles. The summed E-state index contributed by atoms with van der Waals surface area (Å²) in [4.78, 5) is 9.73. The van der Waals surface area contributed by atoms with Crippen molar-refractivity contribution in [2.24, 2.45) is 0 Å². The van der Waals surface area contributed by atoms with Crippen molar-refractivity contribution in [3.8, 4) is 0 Å². The van der Waals surface area contributed by atoms with E-state index in [1.54, 1.807) is 13.8 Å². The fourth-order valence-electron chi connectivity index (χ4n) is 0.289. The minimum atomic E-state index is -1.71. The summed E-state index contributed by atoms with van der Waals surface area (Å²) >= 11 is 0. The van der Waals surface area contributed by atoms with Crippen LogP contribution in [-0.2, 0) is 4.74 Å². The van der Waals surface area contributed by atoms with E-state index in [-0.39, 0.29) is 0 Å². The molecule has 0 amide bonds. The Morgan fingerprint density at radius 2 is 2.11 bits per heavy atom. The van der Waals surface area contributed by atoms with Gasteiger partial charge < -0.3 is 4.74 Å². The lowest BCUT2D eigenvalue weighted by atomic mass is 10.1. The summed E-state index contributed by atoms with van der Waals surface area (Å²) in [6.45, 7) is 5.14. The molecule has 0 aromatic rings. The van der Waals surface area contributed by atoms with Crippen LogP contribution in [-0.4, -0.2) is 11.8 Å². The molecule has 54 valence electrons. The summed E-state index contributed by atoms with van der Waals surface area (Å²) in [7, 11) is 0. The molecule has 0 aliphatic carbocycles. The lowest BCUT2D eigenvalue weighted by molar-refractivity contribution is 0.0197. The summed E-state index contributed by atoms with van der Waals surface area (Å²) in [6, 6.07) is 0. The van der Waals surface area contributed by atoms with E-state index >= 15 is 0 Å². The van der Waals surface area contributed by atoms with Crippen molar-refractivity contribution in [2.45, 2.75) is 32.8 Å². The topological polar surface area (TPSA) is 26.3 Å². The molecule has 0 aliphatic rings. The van der Waals surface area contributed by atoms with Gasteiger partial charge in [-0.05, 0) is 20.3 Å². The monoisotopic (exact) mass is 134 g/mol. The molecular weight excluding hydrogens is 123 g/mol. The summed E-state index contributed by atoms with van der Waals surface area (Å²) in [5.41, 5.74) is -0.661. The standard InChI is InChI=1S/C6H11FO2/c1-4-6(2,3)9-5(7)8/h4H2,1-3H3. The molecule has 0 saturated carbocycles. The van der Waals surface area contributed by atoms with Gasteiger partial charge in [-0.15, -0.1) is 4.39 Å². The van der Waals surface area contributed by atoms with Crippen molar-refractivity contribution in [2.75, 3.05) is 0 Å². The highest BCUT2D eigenvalue weighted by Crippen LogP contribution is 2.13. The molecule has 0 radical (unpaired) electrons. The summed E-state index contributed by atoms with van der Waals surface area (Å²) < 4.78 is 15.8. The predicted octanol–water partition coefficient (Wildman–Crippen LogP) is 2.28. The van der Waals surface area contributed by atoms with Gasteiger partial charge in [0.05, 0.1) is 0 Å². The van der Waals surface area contributed by atoms with Crippen LogP contribution in [0.3, 0.4) is 0 Å². The maximum atomic E-state index is 11.5. The van der Waals surface area contributed by atoms with Crippen LogP contribution in [0.2, 0.25) is 0 Å². The Hall–Kier alpha value is -0.600. The van der Waals surface area contributed by atoms with Crippen molar-refractivity contribution in [3.63, 3.8) is 0 Å². The molecule has 0 rings (SSSR count). The fourth-order valence-corrected chi connectivity index (χ4v) is 0.289. The van der Waals surface area contributed by atoms with E-state index in [0.29, 0.717) is 6.42 Å². The van der Waals surface area contributed by atoms with E-state index < -0.39 is 11.8 Å². The third kappa shape index (κ3) is 3.94. The van der Waals surface area contributed by atoms with Crippen molar-refractivity contribution >= 4 is 6.22 Å². The molecule has 0 bridgehead atoms. The number of hydrogen-bond donors (Lipinski definition) is 0. The smallest absolute Gasteiger partial charge is 0.434 e. The van der Waals surface area contributed by atoms with Gasteiger partial charge in [-0.1, -0.05) is 6.92 Å². The number of carbonyl (C=O) groups is 1. The van der Waals surface area contributed by atoms with Crippen LogP contribution in [0, 0.1) is 0 Å². The van der Waals surface area contributed by atoms with Gasteiger partial charge in [0, 0.05) is 0 Å². The van der Waals surface area contributed by atoms with Gasteiger partial charge in [0.15, 0.2) is 0 Å². The van der Waals surface area contributed by atoms with Crippen molar-refractivity contribution < 1.29 is 13.9 Å². The normalized spacial score (nSPS) is 11.1. The van der Waals surface area contributed by atoms with E-state index in [9.17, 15) is 9.18 Å². The molecule has 0 heterocycles. The summed E-state index contributed by atoms with van der Waals surface area (Å²) in [5, 5.41) is 0. The maximum absolute atomic E-state index is 11.5. The molecule has 0 aliphatic heterocycles. The molecule has 0 spiro atoms. The molecule has 2 nitrogen and oxygen atoms in total. The van der Waals surface area contributed by atoms with E-state index in [2.05, 4.69) is 4.74 Å². The molecule has 0 fully saturated rings. The van der Waals surface area contributed by atoms with Gasteiger partial charge in [-0.25, -0.2) is 4.79 Å². The molecule has 0 saturated heterocycles. The Morgan fingerprint density at radius 3 is 2.22 bits per heavy atom. The third-order valence-electron chi connectivity index (χ3n) is 1.21. The van der Waals surface area contributed by atoms with Gasteiger partial charge >= 0.3 is 6.22 Å². The second kappa shape index (κ2) is 2.80. The van der Waals surface area contributed by atoms with Crippen LogP contribution >= 0.6 is 0 Å². The molecule has 0 aromatic heterocycles. The van der Waals surface area contributed by atoms with E-state index in [1.807, 2.05) is 6.92 Å². The van der Waals surface area contributed by atoms with E-state index in [4.69, 9.17) is 0 Å². The predicted molar refractivity (Wildman–Crippen MR) is 32.0 cm³/mol. The van der Waals surface area contributed by atoms with Crippen LogP contribution in [0.15, 0.2) is 0 Å². The Labute approximate surface area is 54.0 Å². The van der Waals surface area contributed by atoms with Gasteiger partial charge in [-0.2, -0.15) is 0 Å². The summed E-state index contributed by atoms with van der Waals surface area (Å²) in [5.74, 6) is 0. The Balaban J connectivity index is 3.71. The SMILES string of the molecule is CCC(C)(C)OC(=O)F. The molecule has 9 heavy (non-hydrogen) atoms. The lowest BCUT2D eigenvalue weighted by Crippen LogP contribution is -2.24. The molecule has 3 heteroatoms. The molecule has 0 unspecified atom stereocenters. The molecule has 0 N–H and O–H groups in total. The molecule has 0 atom stereocenters. The summed E-state index contributed by atoms with van der Waals surface area (Å²) in [6.07, 6.45) is -1.09. The highest BCUT2D eigenvalue weighted by atomic mass is 19.1. The van der Waals surface area contributed by atoms with Crippen LogP contribution < -0.4 is 0 Å². The average molecular weight is 134 g/mol. The minimum absolute atomic E-state index is 0.614. The Bertz CT molecular complexity index is 110. The highest BCUT2D eigenvalue weighted by molar-refractivity contribution is 5.58. The van der Waals surface area contributed by atoms with Gasteiger partial charge in [0.25, 0.3) is 0 Å². The van der Waals surface area contributed by atoms with Crippen molar-refractivity contribution in [3.05, 3.63) is 0 Å². The molecular formula is C6H11FO2. The Kier molecular flexibility index (Phi) is 2.62. The first kappa shape index (κ1) is 8.40. The number of rotatable bonds is 2. The van der Waals surface area contributed by atoms with E-state index in [1.165, 1.54) is 0 Å². The quantitative estimate of drug-likeness (QED) is 0.541. The zero-order valence-electron chi connectivity index (χ0n) is 5.90. The highest BCUT2D eigenvalue weighted by Gasteiger charge is 2.19. The van der Waals surface area contributed by atoms with Gasteiger partial charge in [0.1, 0.15) is 5.60 Å². The van der Waals surface area contributed by atoms with E-state index in [0.717, 1.165) is 0 Å². The average Bonchev–Trinajstić information content (AvgIpc) is 1.63. The first-order valence-electron chi connectivity index (χ1n) is 2.86. The number of carbonyl (C=O) groups excluding carboxylic acids is 1. The number of hydrogen-bond acceptors (Lipinski definition) is 2. The zero-order valence-corrected chi connectivity index (χ0v) is 5.90. The van der Waals surface area contributed by atoms with Crippen LogP contribution in [0.4, 0.5) is 9.18 Å². The second-order valence-electron chi connectivity index (χ2n) is 2.45. The number of ether oxygens (including phenoxy) is 1. The Morgan fingerprint density at radius 1 is 1.67 bits per heavy atom. The number of halogens is 1. The van der Waals surface area contributed by atoms with Gasteiger partial charge in [-0.3, -0.25) is 0 Å². The minimum Gasteiger partial charge on any atom is -0.434 e. The van der Waals surface area contributed by atoms with Crippen molar-refractivity contribution in [1.82, 2.24) is 0 Å². The largest absolute Gasteiger partial charge is 0.495 e. The van der Waals surface area contributed by atoms with Crippen molar-refractivity contribution in [1.29, 1.82) is 0 Å². The van der Waals surface area contributed by atoms with Gasteiger partial charge in [0.2, 0.25) is 0 Å². The van der Waals surface area contributed by atoms with Crippen LogP contribution in [0.1, 0.15) is 27.2 Å². The zero-order chi connectivity index (χ0) is 7.49. The van der Waals surface area contributed by atoms with Crippen LogP contribution in [0.25, 0.3) is 0 Å². The maximum Gasteiger partial charge on any atom is 0.495 e. The van der Waals surface area contributed by atoms with Crippen LogP contribution in [0.5, 0.6) is 0 Å².